The van der Waals surface area contributed by atoms with Gasteiger partial charge in [-0.25, -0.2) is 4.39 Å². The molecule has 0 aliphatic rings. The van der Waals surface area contributed by atoms with E-state index in [0.717, 1.165) is 11.1 Å². The second-order valence-electron chi connectivity index (χ2n) is 4.99. The molecule has 20 heavy (non-hydrogen) atoms. The maximum atomic E-state index is 14.1. The first-order valence-electron chi connectivity index (χ1n) is 6.46. The molecule has 1 N–H and O–H groups in total. The molecule has 0 aliphatic heterocycles. The highest BCUT2D eigenvalue weighted by Crippen LogP contribution is 2.23. The molecule has 1 aromatic heterocycles. The van der Waals surface area contributed by atoms with Gasteiger partial charge in [0, 0.05) is 10.9 Å². The van der Waals surface area contributed by atoms with E-state index >= 15 is 0 Å². The largest absolute Gasteiger partial charge is 0.352 e. The molecular weight excluding hydrogens is 253 g/mol. The van der Waals surface area contributed by atoms with Crippen LogP contribution < -0.4 is 5.43 Å². The second kappa shape index (κ2) is 4.60. The van der Waals surface area contributed by atoms with Crippen molar-refractivity contribution >= 4 is 10.9 Å². The topological polar surface area (TPSA) is 32.9 Å². The highest BCUT2D eigenvalue weighted by molar-refractivity contribution is 5.84. The molecule has 0 radical (unpaired) electrons. The first-order chi connectivity index (χ1) is 9.58. The predicted molar refractivity (Wildman–Crippen MR) is 79.4 cm³/mol. The summed E-state index contributed by atoms with van der Waals surface area (Å²) >= 11 is 0. The predicted octanol–water partition coefficient (Wildman–Crippen LogP) is 3.95. The summed E-state index contributed by atoms with van der Waals surface area (Å²) in [6, 6.07) is 12.6. The molecule has 3 rings (SSSR count). The molecule has 0 atom stereocenters. The number of hydrogen-bond donors (Lipinski definition) is 1. The molecule has 0 spiro atoms. The van der Waals surface area contributed by atoms with Gasteiger partial charge in [-0.15, -0.1) is 0 Å². The number of aryl methyl sites for hydroxylation is 1. The van der Waals surface area contributed by atoms with Crippen LogP contribution in [0.1, 0.15) is 11.1 Å². The Morgan fingerprint density at radius 3 is 2.45 bits per heavy atom. The summed E-state index contributed by atoms with van der Waals surface area (Å²) in [4.78, 5) is 15.5. The van der Waals surface area contributed by atoms with Gasteiger partial charge in [0.2, 0.25) is 0 Å². The van der Waals surface area contributed by atoms with Crippen LogP contribution in [0, 0.1) is 19.7 Å². The summed E-state index contributed by atoms with van der Waals surface area (Å²) in [5, 5.41) is 0.402. The molecule has 0 fully saturated rings. The molecule has 3 aromatic rings. The average Bonchev–Trinajstić information content (AvgIpc) is 2.44. The van der Waals surface area contributed by atoms with Crippen molar-refractivity contribution in [1.29, 1.82) is 0 Å². The lowest BCUT2D eigenvalue weighted by molar-refractivity contribution is 0.635. The van der Waals surface area contributed by atoms with Crippen LogP contribution in [0.15, 0.2) is 47.3 Å². The summed E-state index contributed by atoms with van der Waals surface area (Å²) in [5.41, 5.74) is 3.04. The van der Waals surface area contributed by atoms with E-state index < -0.39 is 5.82 Å². The minimum Gasteiger partial charge on any atom is -0.352 e. The monoisotopic (exact) mass is 267 g/mol. The number of aromatic nitrogens is 1. The Morgan fingerprint density at radius 1 is 1.05 bits per heavy atom. The second-order valence-corrected chi connectivity index (χ2v) is 4.99. The molecular formula is C17H14FNO. The zero-order valence-corrected chi connectivity index (χ0v) is 11.3. The lowest BCUT2D eigenvalue weighted by atomic mass is 10.0. The van der Waals surface area contributed by atoms with Gasteiger partial charge in [-0.1, -0.05) is 30.3 Å². The van der Waals surface area contributed by atoms with Gasteiger partial charge in [0.15, 0.2) is 5.43 Å². The Balaban J connectivity index is 2.42. The summed E-state index contributed by atoms with van der Waals surface area (Å²) in [7, 11) is 0. The van der Waals surface area contributed by atoms with Crippen LogP contribution in [0.5, 0.6) is 0 Å². The maximum Gasteiger partial charge on any atom is 0.193 e. The first kappa shape index (κ1) is 12.6. The standard InChI is InChI=1S/C17H14FNO/c1-10-8-13-16(14(18)9-10)19-15(11(2)17(13)20)12-6-4-3-5-7-12/h3-9H,1-2H3,(H,19,20). The number of rotatable bonds is 1. The van der Waals surface area contributed by atoms with Crippen molar-refractivity contribution in [2.24, 2.45) is 0 Å². The quantitative estimate of drug-likeness (QED) is 0.711. The molecule has 2 aromatic carbocycles. The lowest BCUT2D eigenvalue weighted by Gasteiger charge is -2.10. The lowest BCUT2D eigenvalue weighted by Crippen LogP contribution is -2.10. The van der Waals surface area contributed by atoms with Crippen LogP contribution in [0.4, 0.5) is 4.39 Å². The van der Waals surface area contributed by atoms with Crippen molar-refractivity contribution < 1.29 is 4.39 Å². The Bertz CT molecular complexity index is 850. The summed E-state index contributed by atoms with van der Waals surface area (Å²) < 4.78 is 14.1. The smallest absolute Gasteiger partial charge is 0.193 e. The van der Waals surface area contributed by atoms with Crippen molar-refractivity contribution in [1.82, 2.24) is 4.98 Å². The summed E-state index contributed by atoms with van der Waals surface area (Å²) in [5.74, 6) is -0.394. The molecule has 0 aliphatic carbocycles. The van der Waals surface area contributed by atoms with Gasteiger partial charge >= 0.3 is 0 Å². The van der Waals surface area contributed by atoms with E-state index in [1.807, 2.05) is 30.3 Å². The molecule has 100 valence electrons. The minimum absolute atomic E-state index is 0.125. The fourth-order valence-electron chi connectivity index (χ4n) is 2.48. The van der Waals surface area contributed by atoms with Crippen LogP contribution in [0.25, 0.3) is 22.2 Å². The third-order valence-corrected chi connectivity index (χ3v) is 3.51. The van der Waals surface area contributed by atoms with Gasteiger partial charge in [-0.05, 0) is 37.1 Å². The molecule has 2 nitrogen and oxygen atoms in total. The minimum atomic E-state index is -0.394. The normalized spacial score (nSPS) is 10.9. The van der Waals surface area contributed by atoms with E-state index in [1.54, 1.807) is 19.9 Å². The number of nitrogens with one attached hydrogen (secondary N) is 1. The number of hydrogen-bond acceptors (Lipinski definition) is 1. The highest BCUT2D eigenvalue weighted by atomic mass is 19.1. The average molecular weight is 267 g/mol. The van der Waals surface area contributed by atoms with Crippen LogP contribution in [0.3, 0.4) is 0 Å². The van der Waals surface area contributed by atoms with Crippen molar-refractivity contribution in [3.63, 3.8) is 0 Å². The fourth-order valence-corrected chi connectivity index (χ4v) is 2.48. The van der Waals surface area contributed by atoms with Crippen LogP contribution >= 0.6 is 0 Å². The molecule has 0 bridgehead atoms. The summed E-state index contributed by atoms with van der Waals surface area (Å²) in [6.45, 7) is 3.54. The number of pyridine rings is 1. The van der Waals surface area contributed by atoms with E-state index in [-0.39, 0.29) is 10.9 Å². The number of fused-ring (bicyclic) bond motifs is 1. The van der Waals surface area contributed by atoms with Gasteiger partial charge < -0.3 is 4.98 Å². The first-order valence-corrected chi connectivity index (χ1v) is 6.46. The van der Waals surface area contributed by atoms with Crippen LogP contribution in [-0.2, 0) is 0 Å². The molecule has 0 amide bonds. The Kier molecular flexibility index (Phi) is 2.90. The van der Waals surface area contributed by atoms with Gasteiger partial charge in [0.1, 0.15) is 5.82 Å². The zero-order valence-electron chi connectivity index (χ0n) is 11.3. The van der Waals surface area contributed by atoms with E-state index in [1.165, 1.54) is 6.07 Å². The van der Waals surface area contributed by atoms with E-state index in [9.17, 15) is 9.18 Å². The SMILES string of the molecule is Cc1cc(F)c2[nH]c(-c3ccccc3)c(C)c(=O)c2c1. The van der Waals surface area contributed by atoms with Crippen molar-refractivity contribution in [2.45, 2.75) is 13.8 Å². The Hall–Kier alpha value is -2.42. The maximum absolute atomic E-state index is 14.1. The number of aromatic amines is 1. The molecule has 0 unspecified atom stereocenters. The number of H-pyrrole nitrogens is 1. The van der Waals surface area contributed by atoms with Crippen molar-refractivity contribution in [2.75, 3.05) is 0 Å². The third-order valence-electron chi connectivity index (χ3n) is 3.51. The number of benzene rings is 2. The third kappa shape index (κ3) is 1.92. The van der Waals surface area contributed by atoms with Gasteiger partial charge in [-0.2, -0.15) is 0 Å². The van der Waals surface area contributed by atoms with Crippen LogP contribution in [-0.4, -0.2) is 4.98 Å². The zero-order chi connectivity index (χ0) is 14.3. The Labute approximate surface area is 115 Å². The van der Waals surface area contributed by atoms with Crippen LogP contribution in [0.2, 0.25) is 0 Å². The van der Waals surface area contributed by atoms with Gasteiger partial charge in [-0.3, -0.25) is 4.79 Å². The highest BCUT2D eigenvalue weighted by Gasteiger charge is 2.12. The van der Waals surface area contributed by atoms with E-state index in [4.69, 9.17) is 0 Å². The molecule has 1 heterocycles. The van der Waals surface area contributed by atoms with Crippen molar-refractivity contribution in [3.05, 3.63) is 69.6 Å². The number of halogens is 1. The summed E-state index contributed by atoms with van der Waals surface area (Å²) in [6.07, 6.45) is 0. The van der Waals surface area contributed by atoms with Gasteiger partial charge in [0.05, 0.1) is 11.2 Å². The van der Waals surface area contributed by atoms with E-state index in [2.05, 4.69) is 4.98 Å². The Morgan fingerprint density at radius 2 is 1.75 bits per heavy atom. The molecule has 3 heteroatoms. The van der Waals surface area contributed by atoms with Gasteiger partial charge in [0.25, 0.3) is 0 Å². The molecule has 0 saturated heterocycles. The molecule has 0 saturated carbocycles. The fraction of sp³-hybridized carbons (Fsp3) is 0.118. The van der Waals surface area contributed by atoms with Crippen molar-refractivity contribution in [3.8, 4) is 11.3 Å². The van der Waals surface area contributed by atoms with E-state index in [0.29, 0.717) is 16.6 Å².